The van der Waals surface area contributed by atoms with E-state index < -0.39 is 0 Å². The largest absolute Gasteiger partial charge is 0.342 e. The number of piperidine rings is 1. The molecule has 1 aliphatic heterocycles. The molecule has 1 fully saturated rings. The molecule has 1 saturated heterocycles. The van der Waals surface area contributed by atoms with Crippen molar-refractivity contribution in [1.82, 2.24) is 19.6 Å². The normalized spacial score (nSPS) is 16.1. The molecule has 2 aromatic heterocycles. The van der Waals surface area contributed by atoms with Crippen LogP contribution in [0, 0.1) is 0 Å². The molecule has 0 unspecified atom stereocenters. The highest BCUT2D eigenvalue weighted by Crippen LogP contribution is 2.28. The smallest absolute Gasteiger partial charge is 0.213 e. The van der Waals surface area contributed by atoms with Crippen LogP contribution in [-0.2, 0) is 0 Å². The summed E-state index contributed by atoms with van der Waals surface area (Å²) >= 11 is 3.59. The second-order valence-electron chi connectivity index (χ2n) is 5.12. The average Bonchev–Trinajstić information content (AvgIpc) is 2.97. The van der Waals surface area contributed by atoms with Gasteiger partial charge >= 0.3 is 0 Å². The minimum Gasteiger partial charge on any atom is -0.342 e. The molecule has 1 aromatic carbocycles. The van der Waals surface area contributed by atoms with Crippen molar-refractivity contribution < 1.29 is 0 Å². The van der Waals surface area contributed by atoms with E-state index >= 15 is 0 Å². The van der Waals surface area contributed by atoms with Crippen LogP contribution in [0.1, 0.15) is 19.3 Å². The highest BCUT2D eigenvalue weighted by molar-refractivity contribution is 9.10. The zero-order chi connectivity index (χ0) is 13.5. The molecule has 102 valence electrons. The van der Waals surface area contributed by atoms with E-state index in [2.05, 4.69) is 31.0 Å². The Kier molecular flexibility index (Phi) is 2.84. The number of aromatic nitrogens is 4. The molecule has 3 heterocycles. The third-order valence-electron chi connectivity index (χ3n) is 3.84. The van der Waals surface area contributed by atoms with Gasteiger partial charge in [0, 0.05) is 22.9 Å². The van der Waals surface area contributed by atoms with E-state index in [-0.39, 0.29) is 0 Å². The predicted molar refractivity (Wildman–Crippen MR) is 82.1 cm³/mol. The molecule has 3 aromatic rings. The summed E-state index contributed by atoms with van der Waals surface area (Å²) in [6.45, 7) is 2.10. The van der Waals surface area contributed by atoms with Crippen molar-refractivity contribution in [3.63, 3.8) is 0 Å². The maximum atomic E-state index is 4.86. The van der Waals surface area contributed by atoms with E-state index in [1.807, 2.05) is 22.6 Å². The van der Waals surface area contributed by atoms with E-state index in [1.54, 1.807) is 6.33 Å². The van der Waals surface area contributed by atoms with Gasteiger partial charge in [-0.2, -0.15) is 0 Å². The fraction of sp³-hybridized carbons (Fsp3) is 0.357. The fourth-order valence-corrected chi connectivity index (χ4v) is 3.30. The lowest BCUT2D eigenvalue weighted by atomic mass is 10.1. The molecule has 0 saturated carbocycles. The van der Waals surface area contributed by atoms with E-state index in [0.29, 0.717) is 0 Å². The van der Waals surface area contributed by atoms with E-state index in [4.69, 9.17) is 4.98 Å². The Morgan fingerprint density at radius 1 is 1.10 bits per heavy atom. The van der Waals surface area contributed by atoms with Crippen molar-refractivity contribution >= 4 is 38.4 Å². The molecule has 0 bridgehead atoms. The number of anilines is 1. The summed E-state index contributed by atoms with van der Waals surface area (Å²) in [4.78, 5) is 7.19. The van der Waals surface area contributed by atoms with Crippen LogP contribution in [0.2, 0.25) is 0 Å². The summed E-state index contributed by atoms with van der Waals surface area (Å²) in [5.74, 6) is 0.948. The van der Waals surface area contributed by atoms with Gasteiger partial charge in [-0.25, -0.2) is 4.98 Å². The SMILES string of the molecule is Brc1cccc2c1nc(N1CCCCC1)n1cnnc21. The summed E-state index contributed by atoms with van der Waals surface area (Å²) in [5.41, 5.74) is 1.82. The van der Waals surface area contributed by atoms with Gasteiger partial charge < -0.3 is 4.90 Å². The molecule has 0 radical (unpaired) electrons. The lowest BCUT2D eigenvalue weighted by Crippen LogP contribution is -2.31. The zero-order valence-corrected chi connectivity index (χ0v) is 12.5. The maximum absolute atomic E-state index is 4.86. The number of hydrogen-bond acceptors (Lipinski definition) is 4. The molecule has 0 N–H and O–H groups in total. The van der Waals surface area contributed by atoms with Crippen LogP contribution in [0.3, 0.4) is 0 Å². The van der Waals surface area contributed by atoms with Gasteiger partial charge in [-0.15, -0.1) is 10.2 Å². The van der Waals surface area contributed by atoms with Gasteiger partial charge in [-0.3, -0.25) is 4.40 Å². The molecule has 0 aliphatic carbocycles. The van der Waals surface area contributed by atoms with Crippen LogP contribution in [0.25, 0.3) is 16.6 Å². The Morgan fingerprint density at radius 2 is 1.95 bits per heavy atom. The van der Waals surface area contributed by atoms with Crippen LogP contribution >= 0.6 is 15.9 Å². The second kappa shape index (κ2) is 4.70. The maximum Gasteiger partial charge on any atom is 0.213 e. The van der Waals surface area contributed by atoms with Gasteiger partial charge in [0.1, 0.15) is 6.33 Å². The highest BCUT2D eigenvalue weighted by Gasteiger charge is 2.18. The van der Waals surface area contributed by atoms with Crippen molar-refractivity contribution in [3.05, 3.63) is 29.0 Å². The van der Waals surface area contributed by atoms with Crippen molar-refractivity contribution in [1.29, 1.82) is 0 Å². The summed E-state index contributed by atoms with van der Waals surface area (Å²) in [5, 5.41) is 9.36. The van der Waals surface area contributed by atoms with Crippen LogP contribution in [0.4, 0.5) is 5.95 Å². The molecule has 1 aliphatic rings. The Hall–Kier alpha value is -1.69. The summed E-state index contributed by atoms with van der Waals surface area (Å²) in [6.07, 6.45) is 5.50. The van der Waals surface area contributed by atoms with Gasteiger partial charge in [0.15, 0.2) is 5.65 Å². The molecule has 20 heavy (non-hydrogen) atoms. The zero-order valence-electron chi connectivity index (χ0n) is 11.0. The van der Waals surface area contributed by atoms with Gasteiger partial charge in [0.25, 0.3) is 0 Å². The monoisotopic (exact) mass is 331 g/mol. The minimum atomic E-state index is 0.872. The lowest BCUT2D eigenvalue weighted by Gasteiger charge is -2.28. The van der Waals surface area contributed by atoms with Crippen molar-refractivity contribution in [2.45, 2.75) is 19.3 Å². The standard InChI is InChI=1S/C14H14BrN5/c15-11-6-4-5-10-12(11)17-14(19-7-2-1-3-8-19)20-9-16-18-13(10)20/h4-6,9H,1-3,7-8H2. The molecule has 0 amide bonds. The van der Waals surface area contributed by atoms with Crippen LogP contribution in [0.5, 0.6) is 0 Å². The van der Waals surface area contributed by atoms with Crippen LogP contribution < -0.4 is 4.90 Å². The first-order valence-corrected chi connectivity index (χ1v) is 7.67. The first-order chi connectivity index (χ1) is 9.84. The Balaban J connectivity index is 2.02. The minimum absolute atomic E-state index is 0.872. The van der Waals surface area contributed by atoms with Gasteiger partial charge in [-0.1, -0.05) is 6.07 Å². The molecule has 0 atom stereocenters. The summed E-state index contributed by atoms with van der Waals surface area (Å²) in [6, 6.07) is 6.06. The third kappa shape index (κ3) is 1.78. The fourth-order valence-electron chi connectivity index (χ4n) is 2.85. The molecular formula is C14H14BrN5. The van der Waals surface area contributed by atoms with Crippen LogP contribution in [0.15, 0.2) is 29.0 Å². The topological polar surface area (TPSA) is 46.3 Å². The average molecular weight is 332 g/mol. The molecule has 6 heteroatoms. The highest BCUT2D eigenvalue weighted by atomic mass is 79.9. The summed E-state index contributed by atoms with van der Waals surface area (Å²) < 4.78 is 3.00. The second-order valence-corrected chi connectivity index (χ2v) is 5.97. The number of halogens is 1. The number of fused-ring (bicyclic) bond motifs is 3. The van der Waals surface area contributed by atoms with Gasteiger partial charge in [0.05, 0.1) is 5.52 Å². The molecule has 4 rings (SSSR count). The Labute approximate surface area is 124 Å². The number of benzene rings is 1. The molecular weight excluding hydrogens is 318 g/mol. The van der Waals surface area contributed by atoms with Gasteiger partial charge in [-0.05, 0) is 47.3 Å². The lowest BCUT2D eigenvalue weighted by molar-refractivity contribution is 0.567. The number of nitrogens with zero attached hydrogens (tertiary/aromatic N) is 5. The Bertz CT molecular complexity index is 776. The number of hydrogen-bond donors (Lipinski definition) is 0. The van der Waals surface area contributed by atoms with Crippen molar-refractivity contribution in [2.24, 2.45) is 0 Å². The third-order valence-corrected chi connectivity index (χ3v) is 4.48. The first kappa shape index (κ1) is 12.1. The van der Waals surface area contributed by atoms with E-state index in [0.717, 1.165) is 40.1 Å². The summed E-state index contributed by atoms with van der Waals surface area (Å²) in [7, 11) is 0. The van der Waals surface area contributed by atoms with E-state index in [9.17, 15) is 0 Å². The predicted octanol–water partition coefficient (Wildman–Crippen LogP) is 3.03. The number of para-hydroxylation sites is 1. The first-order valence-electron chi connectivity index (χ1n) is 6.87. The van der Waals surface area contributed by atoms with Crippen LogP contribution in [-0.4, -0.2) is 32.7 Å². The quantitative estimate of drug-likeness (QED) is 0.687. The number of rotatable bonds is 1. The van der Waals surface area contributed by atoms with Crippen molar-refractivity contribution in [3.8, 4) is 0 Å². The van der Waals surface area contributed by atoms with Crippen molar-refractivity contribution in [2.75, 3.05) is 18.0 Å². The van der Waals surface area contributed by atoms with Gasteiger partial charge in [0.2, 0.25) is 5.95 Å². The molecule has 5 nitrogen and oxygen atoms in total. The Morgan fingerprint density at radius 3 is 2.80 bits per heavy atom. The van der Waals surface area contributed by atoms with E-state index in [1.165, 1.54) is 19.3 Å². The molecule has 0 spiro atoms.